The Balaban J connectivity index is 3.54. The third-order valence-corrected chi connectivity index (χ3v) is 4.17. The summed E-state index contributed by atoms with van der Waals surface area (Å²) in [5.41, 5.74) is 0. The van der Waals surface area contributed by atoms with E-state index in [2.05, 4.69) is 4.74 Å². The summed E-state index contributed by atoms with van der Waals surface area (Å²) >= 11 is 0. The molecule has 0 bridgehead atoms. The summed E-state index contributed by atoms with van der Waals surface area (Å²) in [6.07, 6.45) is 0.0434. The van der Waals surface area contributed by atoms with Crippen molar-refractivity contribution < 1.29 is 31.5 Å². The van der Waals surface area contributed by atoms with Gasteiger partial charge in [0.25, 0.3) is 0 Å². The second kappa shape index (κ2) is 4.58. The minimum Gasteiger partial charge on any atom is -0.449 e. The summed E-state index contributed by atoms with van der Waals surface area (Å²) in [5, 5.41) is 8.45. The summed E-state index contributed by atoms with van der Waals surface area (Å²) in [6, 6.07) is 2.92. The first-order valence-corrected chi connectivity index (χ1v) is 8.25. The van der Waals surface area contributed by atoms with Crippen LogP contribution < -0.4 is 4.74 Å². The van der Waals surface area contributed by atoms with Crippen LogP contribution in [0, 0.1) is 0 Å². The molecule has 0 atom stereocenters. The number of hydrogen-bond acceptors (Lipinski definition) is 6. The third-order valence-electron chi connectivity index (χ3n) is 1.94. The Morgan fingerprint density at radius 3 is 2.06 bits per heavy atom. The SMILES string of the molecule is CS(=O)(=O)c1ccc(OC(=O)O)c(S(C)(=O)=O)c1. The zero-order valence-electron chi connectivity index (χ0n) is 9.45. The molecule has 18 heavy (non-hydrogen) atoms. The topological polar surface area (TPSA) is 115 Å². The summed E-state index contributed by atoms with van der Waals surface area (Å²) < 4.78 is 49.8. The highest BCUT2D eigenvalue weighted by molar-refractivity contribution is 7.91. The second-order valence-electron chi connectivity index (χ2n) is 3.52. The van der Waals surface area contributed by atoms with Crippen molar-refractivity contribution >= 4 is 25.8 Å². The molecule has 9 heteroatoms. The minimum atomic E-state index is -3.81. The number of benzene rings is 1. The fraction of sp³-hybridized carbons (Fsp3) is 0.222. The molecule has 1 aromatic carbocycles. The van der Waals surface area contributed by atoms with E-state index >= 15 is 0 Å². The Morgan fingerprint density at radius 2 is 1.67 bits per heavy atom. The van der Waals surface area contributed by atoms with Gasteiger partial charge in [-0.1, -0.05) is 0 Å². The third kappa shape index (κ3) is 3.44. The predicted molar refractivity (Wildman–Crippen MR) is 61.3 cm³/mol. The molecule has 1 aromatic rings. The molecule has 1 rings (SSSR count). The van der Waals surface area contributed by atoms with Crippen molar-refractivity contribution in [1.82, 2.24) is 0 Å². The van der Waals surface area contributed by atoms with Crippen LogP contribution in [-0.4, -0.2) is 40.6 Å². The van der Waals surface area contributed by atoms with Crippen LogP contribution in [0.1, 0.15) is 0 Å². The molecule has 0 unspecified atom stereocenters. The Kier molecular flexibility index (Phi) is 3.67. The van der Waals surface area contributed by atoms with Gasteiger partial charge in [0.05, 0.1) is 4.90 Å². The van der Waals surface area contributed by atoms with E-state index in [0.717, 1.165) is 30.7 Å². The molecular formula is C9H10O7S2. The average Bonchev–Trinajstić information content (AvgIpc) is 2.13. The molecule has 0 fully saturated rings. The van der Waals surface area contributed by atoms with Crippen molar-refractivity contribution in [2.24, 2.45) is 0 Å². The molecule has 0 saturated heterocycles. The molecule has 1 N–H and O–H groups in total. The van der Waals surface area contributed by atoms with Gasteiger partial charge in [-0.25, -0.2) is 21.6 Å². The maximum Gasteiger partial charge on any atom is 0.511 e. The number of hydrogen-bond donors (Lipinski definition) is 1. The number of sulfone groups is 2. The zero-order valence-corrected chi connectivity index (χ0v) is 11.1. The highest BCUT2D eigenvalue weighted by Gasteiger charge is 2.20. The quantitative estimate of drug-likeness (QED) is 0.639. The minimum absolute atomic E-state index is 0.235. The van der Waals surface area contributed by atoms with Gasteiger partial charge in [0.1, 0.15) is 4.90 Å². The van der Waals surface area contributed by atoms with E-state index in [4.69, 9.17) is 5.11 Å². The van der Waals surface area contributed by atoms with Crippen LogP contribution in [0.25, 0.3) is 0 Å². The lowest BCUT2D eigenvalue weighted by Gasteiger charge is -2.08. The van der Waals surface area contributed by atoms with Gasteiger partial charge in [0.2, 0.25) is 0 Å². The Hall–Kier alpha value is -1.61. The smallest absolute Gasteiger partial charge is 0.449 e. The normalized spacial score (nSPS) is 12.1. The van der Waals surface area contributed by atoms with Gasteiger partial charge in [-0.2, -0.15) is 0 Å². The van der Waals surface area contributed by atoms with Gasteiger partial charge in [0.15, 0.2) is 25.4 Å². The molecule has 0 aliphatic heterocycles. The van der Waals surface area contributed by atoms with Crippen LogP contribution in [0.4, 0.5) is 4.79 Å². The summed E-state index contributed by atoms with van der Waals surface area (Å²) in [5.74, 6) is -0.433. The monoisotopic (exact) mass is 294 g/mol. The Labute approximate surface area is 104 Å². The lowest BCUT2D eigenvalue weighted by molar-refractivity contribution is 0.143. The van der Waals surface area contributed by atoms with E-state index in [9.17, 15) is 21.6 Å². The number of carbonyl (C=O) groups is 1. The number of ether oxygens (including phenoxy) is 1. The van der Waals surface area contributed by atoms with Crippen molar-refractivity contribution in [3.8, 4) is 5.75 Å². The van der Waals surface area contributed by atoms with Crippen LogP contribution in [0.5, 0.6) is 5.75 Å². The zero-order chi connectivity index (χ0) is 14.1. The van der Waals surface area contributed by atoms with Gasteiger partial charge in [-0.15, -0.1) is 0 Å². The van der Waals surface area contributed by atoms with Gasteiger partial charge in [-0.3, -0.25) is 0 Å². The maximum atomic E-state index is 11.4. The van der Waals surface area contributed by atoms with Crippen molar-refractivity contribution in [1.29, 1.82) is 0 Å². The Bertz CT molecular complexity index is 686. The van der Waals surface area contributed by atoms with E-state index in [0.29, 0.717) is 0 Å². The maximum absolute atomic E-state index is 11.4. The van der Waals surface area contributed by atoms with Crippen LogP contribution in [0.3, 0.4) is 0 Å². The second-order valence-corrected chi connectivity index (χ2v) is 7.52. The van der Waals surface area contributed by atoms with E-state index in [-0.39, 0.29) is 4.90 Å². The predicted octanol–water partition coefficient (Wildman–Crippen LogP) is 0.550. The first-order valence-electron chi connectivity index (χ1n) is 4.47. The van der Waals surface area contributed by atoms with E-state index in [1.54, 1.807) is 0 Å². The summed E-state index contributed by atoms with van der Waals surface area (Å²) in [4.78, 5) is 9.67. The molecule has 100 valence electrons. The molecule has 0 aromatic heterocycles. The largest absolute Gasteiger partial charge is 0.511 e. The lowest BCUT2D eigenvalue weighted by atomic mass is 10.3. The van der Waals surface area contributed by atoms with Crippen molar-refractivity contribution in [2.75, 3.05) is 12.5 Å². The van der Waals surface area contributed by atoms with Gasteiger partial charge >= 0.3 is 6.16 Å². The number of carboxylic acid groups (broad SMARTS) is 1. The average molecular weight is 294 g/mol. The van der Waals surface area contributed by atoms with Crippen LogP contribution in [-0.2, 0) is 19.7 Å². The molecule has 0 aliphatic rings. The van der Waals surface area contributed by atoms with Gasteiger partial charge < -0.3 is 9.84 Å². The Morgan fingerprint density at radius 1 is 1.11 bits per heavy atom. The molecule has 0 aliphatic carbocycles. The van der Waals surface area contributed by atoms with Crippen LogP contribution >= 0.6 is 0 Å². The first-order chi connectivity index (χ1) is 8.01. The van der Waals surface area contributed by atoms with Gasteiger partial charge in [0, 0.05) is 12.5 Å². The molecule has 7 nitrogen and oxygen atoms in total. The van der Waals surface area contributed by atoms with E-state index in [1.807, 2.05) is 0 Å². The molecule has 0 heterocycles. The van der Waals surface area contributed by atoms with Crippen LogP contribution in [0.2, 0.25) is 0 Å². The van der Waals surface area contributed by atoms with E-state index in [1.165, 1.54) is 0 Å². The highest BCUT2D eigenvalue weighted by Crippen LogP contribution is 2.27. The molecule has 0 radical (unpaired) electrons. The fourth-order valence-corrected chi connectivity index (χ4v) is 2.73. The van der Waals surface area contributed by atoms with Crippen LogP contribution in [0.15, 0.2) is 28.0 Å². The molecule has 0 saturated carbocycles. The molecule has 0 spiro atoms. The molecular weight excluding hydrogens is 284 g/mol. The first kappa shape index (κ1) is 14.5. The number of rotatable bonds is 3. The van der Waals surface area contributed by atoms with Gasteiger partial charge in [-0.05, 0) is 18.2 Å². The summed E-state index contributed by atoms with van der Waals surface area (Å²) in [7, 11) is -7.41. The van der Waals surface area contributed by atoms with Crippen molar-refractivity contribution in [3.63, 3.8) is 0 Å². The van der Waals surface area contributed by atoms with Crippen molar-refractivity contribution in [2.45, 2.75) is 9.79 Å². The van der Waals surface area contributed by atoms with E-state index < -0.39 is 36.5 Å². The lowest BCUT2D eigenvalue weighted by Crippen LogP contribution is -2.09. The fourth-order valence-electron chi connectivity index (χ4n) is 1.19. The van der Waals surface area contributed by atoms with Crippen molar-refractivity contribution in [3.05, 3.63) is 18.2 Å². The highest BCUT2D eigenvalue weighted by atomic mass is 32.2. The molecule has 0 amide bonds. The summed E-state index contributed by atoms with van der Waals surface area (Å²) in [6.45, 7) is 0. The standard InChI is InChI=1S/C9H10O7S2/c1-17(12,13)6-3-4-7(16-9(10)11)8(5-6)18(2,14)15/h3-5H,1-2H3,(H,10,11).